The first kappa shape index (κ1) is 15.2. The molecule has 0 N–H and O–H groups in total. The molecule has 1 saturated heterocycles. The van der Waals surface area contributed by atoms with Crippen molar-refractivity contribution in [1.29, 1.82) is 0 Å². The third kappa shape index (κ3) is 1.74. The Bertz CT molecular complexity index is 853. The summed E-state index contributed by atoms with van der Waals surface area (Å²) in [6.07, 6.45) is 9.41. The number of benzene rings is 1. The van der Waals surface area contributed by atoms with E-state index in [1.54, 1.807) is 14.2 Å². The van der Waals surface area contributed by atoms with Crippen molar-refractivity contribution in [3.8, 4) is 11.5 Å². The second-order valence-electron chi connectivity index (χ2n) is 8.40. The lowest BCUT2D eigenvalue weighted by Gasteiger charge is -2.53. The van der Waals surface area contributed by atoms with Crippen LogP contribution in [0.1, 0.15) is 30.4 Å². The minimum absolute atomic E-state index is 0.0524. The summed E-state index contributed by atoms with van der Waals surface area (Å²) >= 11 is 0. The van der Waals surface area contributed by atoms with E-state index < -0.39 is 0 Å². The maximum Gasteiger partial charge on any atom is 0.169 e. The second-order valence-corrected chi connectivity index (χ2v) is 8.40. The van der Waals surface area contributed by atoms with Crippen LogP contribution in [-0.4, -0.2) is 44.4 Å². The number of hydrogen-bond acceptors (Lipinski definition) is 4. The maximum atomic E-state index is 6.56. The fourth-order valence-corrected chi connectivity index (χ4v) is 5.85. The molecule has 1 aromatic carbocycles. The van der Waals surface area contributed by atoms with Crippen LogP contribution in [0.5, 0.6) is 11.5 Å². The summed E-state index contributed by atoms with van der Waals surface area (Å²) in [7, 11) is 3.49. The van der Waals surface area contributed by atoms with Gasteiger partial charge in [-0.15, -0.1) is 0 Å². The van der Waals surface area contributed by atoms with E-state index in [0.29, 0.717) is 6.04 Å². The summed E-state index contributed by atoms with van der Waals surface area (Å²) < 4.78 is 17.9. The van der Waals surface area contributed by atoms with Crippen molar-refractivity contribution >= 4 is 0 Å². The first-order valence-corrected chi connectivity index (χ1v) is 9.83. The smallest absolute Gasteiger partial charge is 0.169 e. The third-order valence-electron chi connectivity index (χ3n) is 7.19. The van der Waals surface area contributed by atoms with Crippen molar-refractivity contribution in [2.45, 2.75) is 43.2 Å². The lowest BCUT2D eigenvalue weighted by molar-refractivity contribution is 0.0624. The number of methoxy groups -OCH3 is 2. The number of piperidine rings is 1. The Morgan fingerprint density at radius 3 is 2.85 bits per heavy atom. The van der Waals surface area contributed by atoms with Crippen LogP contribution < -0.4 is 9.47 Å². The number of rotatable bonds is 4. The van der Waals surface area contributed by atoms with E-state index >= 15 is 0 Å². The Hall–Kier alpha value is -1.94. The van der Waals surface area contributed by atoms with Gasteiger partial charge in [0.2, 0.25) is 0 Å². The van der Waals surface area contributed by atoms with Crippen molar-refractivity contribution in [3.63, 3.8) is 0 Å². The van der Waals surface area contributed by atoms with Crippen LogP contribution in [0.3, 0.4) is 0 Å². The van der Waals surface area contributed by atoms with Gasteiger partial charge in [-0.3, -0.25) is 4.90 Å². The Kier molecular flexibility index (Phi) is 2.95. The van der Waals surface area contributed by atoms with Crippen LogP contribution in [0.2, 0.25) is 0 Å². The van der Waals surface area contributed by atoms with Crippen LogP contribution >= 0.6 is 0 Å². The molecule has 2 heterocycles. The van der Waals surface area contributed by atoms with Gasteiger partial charge >= 0.3 is 0 Å². The molecule has 4 nitrogen and oxygen atoms in total. The molecule has 1 unspecified atom stereocenters. The molecular weight excluding hydrogens is 326 g/mol. The van der Waals surface area contributed by atoms with Crippen LogP contribution in [0.25, 0.3) is 0 Å². The van der Waals surface area contributed by atoms with Gasteiger partial charge in [0.1, 0.15) is 5.76 Å². The Morgan fingerprint density at radius 1 is 1.19 bits per heavy atom. The molecule has 2 aliphatic heterocycles. The van der Waals surface area contributed by atoms with Crippen molar-refractivity contribution in [1.82, 2.24) is 4.90 Å². The van der Waals surface area contributed by atoms with Gasteiger partial charge in [0.25, 0.3) is 0 Å². The zero-order valence-electron chi connectivity index (χ0n) is 15.5. The standard InChI is InChI=1S/C22H25NO3/c1-24-17-7-5-14-11-16-15-6-8-18(25-2)21-22(15,19(14)20(17)26-21)9-10-23(16)12-13-3-4-13/h5-8,13,16,21H,3-4,9-12H2,1-2H3/t16-,21+,22?/m1/s1. The van der Waals surface area contributed by atoms with Gasteiger partial charge < -0.3 is 14.2 Å². The molecule has 3 aliphatic carbocycles. The predicted octanol–water partition coefficient (Wildman–Crippen LogP) is 3.20. The number of nitrogens with zero attached hydrogens (tertiary/aromatic N) is 1. The molecule has 0 aromatic heterocycles. The SMILES string of the molecule is COC1=CC=C2[C@H]3Cc4ccc(OC)c5c4C2(CCN3CC2CC2)[C@H]1O5. The van der Waals surface area contributed by atoms with Gasteiger partial charge in [-0.25, -0.2) is 0 Å². The monoisotopic (exact) mass is 351 g/mol. The van der Waals surface area contributed by atoms with E-state index in [9.17, 15) is 0 Å². The van der Waals surface area contributed by atoms with Gasteiger partial charge in [0, 0.05) is 24.7 Å². The van der Waals surface area contributed by atoms with E-state index in [1.807, 2.05) is 0 Å². The van der Waals surface area contributed by atoms with Crippen molar-refractivity contribution in [3.05, 3.63) is 46.7 Å². The lowest BCUT2D eigenvalue weighted by atomic mass is 9.57. The van der Waals surface area contributed by atoms with E-state index in [4.69, 9.17) is 14.2 Å². The molecule has 136 valence electrons. The molecule has 4 heteroatoms. The number of likely N-dealkylation sites (tertiary alicyclic amines) is 1. The van der Waals surface area contributed by atoms with E-state index in [0.717, 1.165) is 42.6 Å². The topological polar surface area (TPSA) is 30.9 Å². The lowest BCUT2D eigenvalue weighted by Crippen LogP contribution is -2.59. The third-order valence-corrected chi connectivity index (χ3v) is 7.19. The molecule has 1 spiro atoms. The highest BCUT2D eigenvalue weighted by atomic mass is 16.6. The average Bonchev–Trinajstić information content (AvgIpc) is 3.41. The summed E-state index contributed by atoms with van der Waals surface area (Å²) in [6, 6.07) is 4.84. The number of hydrogen-bond donors (Lipinski definition) is 0. The molecule has 1 saturated carbocycles. The molecule has 26 heavy (non-hydrogen) atoms. The highest BCUT2D eigenvalue weighted by Crippen LogP contribution is 2.62. The molecule has 5 aliphatic rings. The van der Waals surface area contributed by atoms with Crippen LogP contribution in [0, 0.1) is 5.92 Å². The predicted molar refractivity (Wildman–Crippen MR) is 98.7 cm³/mol. The molecule has 0 radical (unpaired) electrons. The second kappa shape index (κ2) is 5.07. The Labute approximate surface area is 154 Å². The molecular formula is C22H25NO3. The van der Waals surface area contributed by atoms with Crippen LogP contribution in [-0.2, 0) is 16.6 Å². The van der Waals surface area contributed by atoms with E-state index in [-0.39, 0.29) is 11.5 Å². The largest absolute Gasteiger partial charge is 0.497 e. The van der Waals surface area contributed by atoms with E-state index in [2.05, 4.69) is 29.2 Å². The summed E-state index contributed by atoms with van der Waals surface area (Å²) in [4.78, 5) is 2.74. The quantitative estimate of drug-likeness (QED) is 0.834. The number of allylic oxidation sites excluding steroid dienone is 2. The summed E-state index contributed by atoms with van der Waals surface area (Å²) in [5.41, 5.74) is 4.28. The van der Waals surface area contributed by atoms with E-state index in [1.165, 1.54) is 36.1 Å². The Morgan fingerprint density at radius 2 is 2.08 bits per heavy atom. The molecule has 2 fully saturated rings. The van der Waals surface area contributed by atoms with Gasteiger partial charge in [0.05, 0.1) is 19.6 Å². The van der Waals surface area contributed by atoms with Gasteiger partial charge in [-0.1, -0.05) is 12.1 Å². The minimum atomic E-state index is -0.0672. The van der Waals surface area contributed by atoms with Gasteiger partial charge in [-0.05, 0) is 54.9 Å². The molecule has 1 aromatic rings. The fraction of sp³-hybridized carbons (Fsp3) is 0.545. The van der Waals surface area contributed by atoms with Crippen molar-refractivity contribution < 1.29 is 14.2 Å². The fourth-order valence-electron chi connectivity index (χ4n) is 5.85. The first-order valence-electron chi connectivity index (χ1n) is 9.83. The normalized spacial score (nSPS) is 33.8. The zero-order chi connectivity index (χ0) is 17.5. The summed E-state index contributed by atoms with van der Waals surface area (Å²) in [5.74, 6) is 3.65. The number of ether oxygens (including phenoxy) is 3. The van der Waals surface area contributed by atoms with Crippen LogP contribution in [0.15, 0.2) is 35.6 Å². The molecule has 6 rings (SSSR count). The maximum absolute atomic E-state index is 6.56. The van der Waals surface area contributed by atoms with Gasteiger partial charge in [-0.2, -0.15) is 0 Å². The highest BCUT2D eigenvalue weighted by molar-refractivity contribution is 5.67. The Balaban J connectivity index is 1.56. The van der Waals surface area contributed by atoms with Gasteiger partial charge in [0.15, 0.2) is 17.6 Å². The van der Waals surface area contributed by atoms with Crippen molar-refractivity contribution in [2.24, 2.45) is 5.92 Å². The van der Waals surface area contributed by atoms with Crippen LogP contribution in [0.4, 0.5) is 0 Å². The van der Waals surface area contributed by atoms with Crippen molar-refractivity contribution in [2.75, 3.05) is 27.3 Å². The molecule has 2 bridgehead atoms. The molecule has 3 atom stereocenters. The first-order chi connectivity index (χ1) is 12.8. The summed E-state index contributed by atoms with van der Waals surface area (Å²) in [5, 5.41) is 0. The molecule has 0 amide bonds. The average molecular weight is 351 g/mol. The summed E-state index contributed by atoms with van der Waals surface area (Å²) in [6.45, 7) is 2.40. The zero-order valence-corrected chi connectivity index (χ0v) is 15.5. The minimum Gasteiger partial charge on any atom is -0.497 e. The highest BCUT2D eigenvalue weighted by Gasteiger charge is 2.62.